The highest BCUT2D eigenvalue weighted by atomic mass is 32.2. The number of hydrogen-bond acceptors (Lipinski definition) is 5. The van der Waals surface area contributed by atoms with E-state index in [9.17, 15) is 4.79 Å². The average Bonchev–Trinajstić information content (AvgIpc) is 4.01. The Bertz CT molecular complexity index is 1160. The second-order valence-electron chi connectivity index (χ2n) is 17.0. The van der Waals surface area contributed by atoms with Crippen molar-refractivity contribution in [2.45, 2.75) is 195 Å². The van der Waals surface area contributed by atoms with Crippen molar-refractivity contribution >= 4 is 29.5 Å². The van der Waals surface area contributed by atoms with Gasteiger partial charge in [0.15, 0.2) is 0 Å². The minimum absolute atomic E-state index is 0.0326. The molecule has 1 saturated carbocycles. The number of hydrogen-bond donors (Lipinski definition) is 0. The smallest absolute Gasteiger partial charge is 0.309 e. The first-order chi connectivity index (χ1) is 26.4. The fourth-order valence-electron chi connectivity index (χ4n) is 7.70. The van der Waals surface area contributed by atoms with Gasteiger partial charge in [-0.2, -0.15) is 23.5 Å². The molecule has 0 aromatic heterocycles. The summed E-state index contributed by atoms with van der Waals surface area (Å²) in [7, 11) is 0. The Balaban J connectivity index is 0.995. The van der Waals surface area contributed by atoms with Crippen molar-refractivity contribution in [1.82, 2.24) is 0 Å². The third-order valence-corrected chi connectivity index (χ3v) is 13.6. The summed E-state index contributed by atoms with van der Waals surface area (Å²) in [6.45, 7) is 10.3. The van der Waals surface area contributed by atoms with Gasteiger partial charge in [-0.3, -0.25) is 4.79 Å². The van der Waals surface area contributed by atoms with Crippen molar-refractivity contribution in [2.24, 2.45) is 11.8 Å². The van der Waals surface area contributed by atoms with Gasteiger partial charge in [-0.15, -0.1) is 0 Å². The van der Waals surface area contributed by atoms with Gasteiger partial charge in [0.25, 0.3) is 0 Å². The fraction of sp³-hybridized carbons (Fsp3) is 0.776. The van der Waals surface area contributed by atoms with Crippen molar-refractivity contribution in [3.05, 3.63) is 57.9 Å². The van der Waals surface area contributed by atoms with Gasteiger partial charge in [-0.1, -0.05) is 98.0 Å². The van der Waals surface area contributed by atoms with E-state index in [1.54, 1.807) is 11.1 Å². The molecule has 54 heavy (non-hydrogen) atoms. The van der Waals surface area contributed by atoms with Crippen LogP contribution in [0.2, 0.25) is 0 Å². The molecule has 0 spiro atoms. The highest BCUT2D eigenvalue weighted by Gasteiger charge is 2.27. The summed E-state index contributed by atoms with van der Waals surface area (Å²) < 4.78 is 12.1. The molecule has 308 valence electrons. The zero-order chi connectivity index (χ0) is 38.5. The monoisotopic (exact) mass is 783 g/mol. The number of carbonyl (C=O) groups is 1. The number of esters is 1. The third-order valence-electron chi connectivity index (χ3n) is 11.3. The lowest BCUT2D eigenvalue weighted by Crippen LogP contribution is -2.20. The largest absolute Gasteiger partial charge is 0.498 e. The van der Waals surface area contributed by atoms with Gasteiger partial charge in [-0.05, 0) is 172 Å². The lowest BCUT2D eigenvalue weighted by Gasteiger charge is -2.25. The molecule has 0 saturated heterocycles. The number of allylic oxidation sites excluding steroid dienone is 10. The van der Waals surface area contributed by atoms with Crippen LogP contribution in [-0.2, 0) is 14.3 Å². The fourth-order valence-corrected chi connectivity index (χ4v) is 9.75. The topological polar surface area (TPSA) is 35.5 Å². The molecule has 0 aliphatic heterocycles. The second-order valence-corrected chi connectivity index (χ2v) is 19.4. The van der Waals surface area contributed by atoms with Crippen LogP contribution in [0.3, 0.4) is 0 Å². The number of thioether (sulfide) groups is 2. The number of carbonyl (C=O) groups excluding carboxylic acids is 1. The van der Waals surface area contributed by atoms with Crippen LogP contribution in [0, 0.1) is 11.8 Å². The first kappa shape index (κ1) is 47.0. The van der Waals surface area contributed by atoms with Gasteiger partial charge in [-0.25, -0.2) is 0 Å². The number of unbranched alkanes of at least 4 members (excludes halogenated alkanes) is 11. The molecule has 3 rings (SSSR count). The van der Waals surface area contributed by atoms with Crippen molar-refractivity contribution < 1.29 is 14.3 Å². The van der Waals surface area contributed by atoms with Gasteiger partial charge < -0.3 is 9.47 Å². The normalized spacial score (nSPS) is 18.1. The molecule has 1 fully saturated rings. The van der Waals surface area contributed by atoms with Gasteiger partial charge in [0.2, 0.25) is 0 Å². The Kier molecular flexibility index (Phi) is 26.8. The Morgan fingerprint density at radius 2 is 1.00 bits per heavy atom. The molecular formula is C49H82O3S2. The van der Waals surface area contributed by atoms with Crippen molar-refractivity contribution in [1.29, 1.82) is 0 Å². The Labute approximate surface area is 342 Å². The first-order valence-corrected chi connectivity index (χ1v) is 25.0. The molecule has 0 aromatic carbocycles. The molecule has 3 aliphatic carbocycles. The van der Waals surface area contributed by atoms with E-state index in [2.05, 4.69) is 75.5 Å². The zero-order valence-electron chi connectivity index (χ0n) is 35.6. The predicted molar refractivity (Wildman–Crippen MR) is 241 cm³/mol. The summed E-state index contributed by atoms with van der Waals surface area (Å²) in [5.74, 6) is 7.45. The average molecular weight is 783 g/mol. The lowest BCUT2D eigenvalue weighted by molar-refractivity contribution is -0.149. The van der Waals surface area contributed by atoms with Gasteiger partial charge in [0.05, 0.1) is 24.9 Å². The first-order valence-electron chi connectivity index (χ1n) is 22.7. The second kappa shape index (κ2) is 30.8. The summed E-state index contributed by atoms with van der Waals surface area (Å²) in [6.07, 6.45) is 41.8. The quantitative estimate of drug-likeness (QED) is 0.0294. The Morgan fingerprint density at radius 3 is 1.43 bits per heavy atom. The van der Waals surface area contributed by atoms with Crippen LogP contribution in [0.25, 0.3) is 0 Å². The van der Waals surface area contributed by atoms with Gasteiger partial charge in [0, 0.05) is 5.92 Å². The molecule has 2 atom stereocenters. The maximum absolute atomic E-state index is 12.4. The van der Waals surface area contributed by atoms with Crippen LogP contribution < -0.4 is 0 Å². The van der Waals surface area contributed by atoms with Gasteiger partial charge in [0.1, 0.15) is 0 Å². The molecule has 0 N–H and O–H groups in total. The van der Waals surface area contributed by atoms with E-state index >= 15 is 0 Å². The highest BCUT2D eigenvalue weighted by Crippen LogP contribution is 2.41. The summed E-state index contributed by atoms with van der Waals surface area (Å²) in [6, 6.07) is 0. The van der Waals surface area contributed by atoms with Crippen LogP contribution in [0.15, 0.2) is 57.9 Å². The number of rotatable bonds is 32. The SMILES string of the molecule is CC(C)=CCCC1=CCC(C(=O)OCCCCCCSCCCCCCCCSCCCCCCOC(=C2CC2)C2CC=C(CCC=C(C)C)CC2)CC1. The van der Waals surface area contributed by atoms with Crippen LogP contribution in [-0.4, -0.2) is 42.2 Å². The van der Waals surface area contributed by atoms with E-state index in [4.69, 9.17) is 9.47 Å². The third kappa shape index (κ3) is 23.7. The molecule has 0 amide bonds. The molecular weight excluding hydrogens is 701 g/mol. The summed E-state index contributed by atoms with van der Waals surface area (Å²) in [5, 5.41) is 0. The maximum Gasteiger partial charge on any atom is 0.309 e. The van der Waals surface area contributed by atoms with Crippen LogP contribution in [0.4, 0.5) is 0 Å². The molecule has 5 heteroatoms. The minimum atomic E-state index is 0.0326. The van der Waals surface area contributed by atoms with E-state index in [0.717, 1.165) is 45.1 Å². The van der Waals surface area contributed by atoms with Crippen molar-refractivity contribution in [3.63, 3.8) is 0 Å². The summed E-state index contributed by atoms with van der Waals surface area (Å²) >= 11 is 4.31. The van der Waals surface area contributed by atoms with Crippen LogP contribution >= 0.6 is 23.5 Å². The molecule has 3 nitrogen and oxygen atoms in total. The molecule has 3 aliphatic rings. The summed E-state index contributed by atoms with van der Waals surface area (Å²) in [4.78, 5) is 12.4. The van der Waals surface area contributed by atoms with Crippen LogP contribution in [0.5, 0.6) is 0 Å². The minimum Gasteiger partial charge on any atom is -0.498 e. The number of ether oxygens (including phenoxy) is 2. The molecule has 2 unspecified atom stereocenters. The molecule has 0 aromatic rings. The Morgan fingerprint density at radius 1 is 0.574 bits per heavy atom. The van der Waals surface area contributed by atoms with Crippen LogP contribution in [0.1, 0.15) is 195 Å². The van der Waals surface area contributed by atoms with E-state index in [-0.39, 0.29) is 11.9 Å². The predicted octanol–water partition coefficient (Wildman–Crippen LogP) is 15.5. The maximum atomic E-state index is 12.4. The van der Waals surface area contributed by atoms with Gasteiger partial charge >= 0.3 is 5.97 Å². The highest BCUT2D eigenvalue weighted by molar-refractivity contribution is 7.99. The Hall–Kier alpha value is -1.33. The zero-order valence-corrected chi connectivity index (χ0v) is 37.3. The van der Waals surface area contributed by atoms with E-state index in [0.29, 0.717) is 12.5 Å². The van der Waals surface area contributed by atoms with Crippen molar-refractivity contribution in [3.8, 4) is 0 Å². The molecule has 0 heterocycles. The standard InChI is InChI=1S/C49H82O3S2/c1-41(2)21-19-23-43-25-29-45(30-26-43)48(46-33-34-46)51-35-13-7-11-17-39-53-37-15-9-5-6-10-16-38-54-40-18-12-8-14-36-52-49(50)47-31-27-44(28-32-47)24-20-22-42(3)4/h21-22,25,27,45,47H,5-20,23-24,26,28-40H2,1-4H3. The van der Waals surface area contributed by atoms with E-state index in [1.165, 1.54) is 174 Å². The molecule has 0 bridgehead atoms. The molecule has 0 radical (unpaired) electrons. The van der Waals surface area contributed by atoms with E-state index in [1.807, 2.05) is 0 Å². The lowest BCUT2D eigenvalue weighted by atomic mass is 9.86. The van der Waals surface area contributed by atoms with Crippen molar-refractivity contribution in [2.75, 3.05) is 36.2 Å². The van der Waals surface area contributed by atoms with E-state index < -0.39 is 0 Å². The summed E-state index contributed by atoms with van der Waals surface area (Å²) in [5.41, 5.74) is 7.64.